The summed E-state index contributed by atoms with van der Waals surface area (Å²) in [7, 11) is 0. The molecule has 0 saturated carbocycles. The van der Waals surface area contributed by atoms with Crippen LogP contribution in [0.3, 0.4) is 0 Å². The number of aromatic hydroxyl groups is 1. The Balaban J connectivity index is -0.0000000612. The molecule has 0 amide bonds. The molecule has 1 radical (unpaired) electrons. The summed E-state index contributed by atoms with van der Waals surface area (Å²) in [6.07, 6.45) is 0. The van der Waals surface area contributed by atoms with Gasteiger partial charge in [-0.15, -0.1) is 12.4 Å². The largest absolute Gasteiger partial charge is 1.00 e. The molecule has 0 fully saturated rings. The van der Waals surface area contributed by atoms with Crippen LogP contribution in [0.1, 0.15) is 1.43 Å². The molecular weight excluding hydrogens is 201 g/mol. The molecule has 0 saturated heterocycles. The van der Waals surface area contributed by atoms with Crippen LogP contribution < -0.4 is 29.6 Å². The molecule has 0 heterocycles. The summed E-state index contributed by atoms with van der Waals surface area (Å²) in [5.74, 6) is 0.322. The van der Waals surface area contributed by atoms with Crippen LogP contribution in [0.25, 0.3) is 0 Å². The number of phenols is 1. The van der Waals surface area contributed by atoms with Crippen molar-refractivity contribution in [3.8, 4) is 5.75 Å². The first-order valence-electron chi connectivity index (χ1n) is 2.13. The van der Waals surface area contributed by atoms with Gasteiger partial charge in [0.1, 0.15) is 5.75 Å². The molecule has 0 aliphatic rings. The first-order chi connectivity index (χ1) is 3.39. The molecule has 10 heavy (non-hydrogen) atoms. The maximum atomic E-state index is 8.63. The third-order valence-electron chi connectivity index (χ3n) is 0.756. The van der Waals surface area contributed by atoms with Crippen molar-refractivity contribution in [1.82, 2.24) is 0 Å². The van der Waals surface area contributed by atoms with E-state index in [0.29, 0.717) is 5.75 Å². The zero-order chi connectivity index (χ0) is 5.11. The van der Waals surface area contributed by atoms with Gasteiger partial charge >= 0.3 is 29.6 Å². The molecule has 0 atom stereocenters. The van der Waals surface area contributed by atoms with Crippen LogP contribution in [-0.4, -0.2) is 5.11 Å². The maximum Gasteiger partial charge on any atom is 1.00 e. The zero-order valence-corrected chi connectivity index (χ0v) is 9.62. The molecule has 0 aliphatic heterocycles. The number of hydrogen-bond acceptors (Lipinski definition) is 1. The van der Waals surface area contributed by atoms with Crippen LogP contribution in [0.15, 0.2) is 30.3 Å². The van der Waals surface area contributed by atoms with Gasteiger partial charge in [-0.05, 0) is 12.1 Å². The summed E-state index contributed by atoms with van der Waals surface area (Å²) in [5, 5.41) is 8.63. The number of para-hydroxylation sites is 1. The summed E-state index contributed by atoms with van der Waals surface area (Å²) in [5.41, 5.74) is 0. The van der Waals surface area contributed by atoms with Gasteiger partial charge in [0.05, 0.1) is 0 Å². The maximum absolute atomic E-state index is 8.63. The predicted molar refractivity (Wildman–Crippen MR) is 36.5 cm³/mol. The van der Waals surface area contributed by atoms with Gasteiger partial charge in [-0.1, -0.05) is 18.2 Å². The van der Waals surface area contributed by atoms with Crippen molar-refractivity contribution in [1.29, 1.82) is 0 Å². The summed E-state index contributed by atoms with van der Waals surface area (Å²) in [4.78, 5) is 0. The minimum absolute atomic E-state index is 0. The fourth-order valence-corrected chi connectivity index (χ4v) is 0.428. The van der Waals surface area contributed by atoms with Gasteiger partial charge in [0.2, 0.25) is 0 Å². The van der Waals surface area contributed by atoms with E-state index in [0.717, 1.165) is 0 Å². The molecule has 1 aromatic rings. The topological polar surface area (TPSA) is 20.2 Å². The van der Waals surface area contributed by atoms with Gasteiger partial charge in [-0.2, -0.15) is 0 Å². The van der Waals surface area contributed by atoms with Crippen molar-refractivity contribution in [2.75, 3.05) is 0 Å². The van der Waals surface area contributed by atoms with Gasteiger partial charge < -0.3 is 6.53 Å². The Kier molecular flexibility index (Phi) is 16.8. The standard InChI is InChI=1S/C6H6O.ClH.Mn.Na.H/c7-6-4-2-1-3-5-6;;;;/h1-5,7H;1H;;;/q;;;+1;-1. The minimum atomic E-state index is 0. The molecule has 0 bridgehead atoms. The average Bonchev–Trinajstić information content (AvgIpc) is 1.69. The van der Waals surface area contributed by atoms with Crippen molar-refractivity contribution >= 4 is 12.4 Å². The molecule has 1 nitrogen and oxygen atoms in total. The normalized spacial score (nSPS) is 6.00. The van der Waals surface area contributed by atoms with Crippen molar-refractivity contribution in [3.63, 3.8) is 0 Å². The number of rotatable bonds is 0. The van der Waals surface area contributed by atoms with E-state index in [1.807, 2.05) is 6.07 Å². The van der Waals surface area contributed by atoms with Crippen LogP contribution in [-0.2, 0) is 17.1 Å². The fourth-order valence-electron chi connectivity index (χ4n) is 0.428. The monoisotopic (exact) mass is 209 g/mol. The summed E-state index contributed by atoms with van der Waals surface area (Å²) >= 11 is 0. The number of hydrogen-bond donors (Lipinski definition) is 1. The van der Waals surface area contributed by atoms with Crippen LogP contribution in [0.4, 0.5) is 0 Å². The third kappa shape index (κ3) is 6.94. The van der Waals surface area contributed by atoms with Crippen LogP contribution in [0.5, 0.6) is 5.75 Å². The summed E-state index contributed by atoms with van der Waals surface area (Å²) in [6.45, 7) is 0. The molecule has 4 heteroatoms. The molecule has 53 valence electrons. The Bertz CT molecular complexity index is 153. The van der Waals surface area contributed by atoms with Crippen molar-refractivity contribution in [3.05, 3.63) is 30.3 Å². The van der Waals surface area contributed by atoms with E-state index in [2.05, 4.69) is 0 Å². The number of phenolic OH excluding ortho intramolecular Hbond substituents is 1. The SMILES string of the molecule is Cl.Oc1ccccc1.[H-].[Mn].[Na+]. The van der Waals surface area contributed by atoms with Crippen molar-refractivity contribution in [2.24, 2.45) is 0 Å². The van der Waals surface area contributed by atoms with Gasteiger partial charge in [0.25, 0.3) is 0 Å². The second-order valence-electron chi connectivity index (χ2n) is 1.34. The van der Waals surface area contributed by atoms with Crippen molar-refractivity contribution < 1.29 is 53.2 Å². The Hall–Kier alpha value is 0.829. The van der Waals surface area contributed by atoms with Crippen LogP contribution in [0.2, 0.25) is 0 Å². The Morgan fingerprint density at radius 3 is 1.70 bits per heavy atom. The van der Waals surface area contributed by atoms with E-state index in [1.54, 1.807) is 24.3 Å². The second kappa shape index (κ2) is 9.83. The van der Waals surface area contributed by atoms with Crippen LogP contribution in [0, 0.1) is 0 Å². The first kappa shape index (κ1) is 17.1. The van der Waals surface area contributed by atoms with E-state index in [-0.39, 0.29) is 60.5 Å². The third-order valence-corrected chi connectivity index (χ3v) is 0.756. The quantitative estimate of drug-likeness (QED) is 0.540. The van der Waals surface area contributed by atoms with E-state index in [9.17, 15) is 0 Å². The van der Waals surface area contributed by atoms with Crippen molar-refractivity contribution in [2.45, 2.75) is 0 Å². The van der Waals surface area contributed by atoms with Gasteiger partial charge in [0, 0.05) is 17.1 Å². The average molecular weight is 210 g/mol. The zero-order valence-electron chi connectivity index (χ0n) is 6.62. The molecular formula is C6H8ClMnNaO. The second-order valence-corrected chi connectivity index (χ2v) is 1.34. The number of halogens is 1. The molecule has 0 spiro atoms. The van der Waals surface area contributed by atoms with E-state index in [1.165, 1.54) is 0 Å². The molecule has 1 rings (SSSR count). The molecule has 0 unspecified atom stereocenters. The van der Waals surface area contributed by atoms with E-state index >= 15 is 0 Å². The molecule has 0 aliphatic carbocycles. The molecule has 1 aromatic carbocycles. The summed E-state index contributed by atoms with van der Waals surface area (Å²) < 4.78 is 0. The molecule has 0 aromatic heterocycles. The molecule has 1 N–H and O–H groups in total. The fraction of sp³-hybridized carbons (Fsp3) is 0. The first-order valence-corrected chi connectivity index (χ1v) is 2.13. The predicted octanol–water partition coefficient (Wildman–Crippen LogP) is -1.07. The Morgan fingerprint density at radius 2 is 1.50 bits per heavy atom. The van der Waals surface area contributed by atoms with Gasteiger partial charge in [-0.3, -0.25) is 0 Å². The summed E-state index contributed by atoms with van der Waals surface area (Å²) in [6, 6.07) is 8.71. The van der Waals surface area contributed by atoms with E-state index in [4.69, 9.17) is 5.11 Å². The van der Waals surface area contributed by atoms with Crippen LogP contribution >= 0.6 is 12.4 Å². The number of benzene rings is 1. The van der Waals surface area contributed by atoms with Gasteiger partial charge in [-0.25, -0.2) is 0 Å². The minimum Gasteiger partial charge on any atom is -1.00 e. The van der Waals surface area contributed by atoms with Gasteiger partial charge in [0.15, 0.2) is 0 Å². The smallest absolute Gasteiger partial charge is 1.00 e. The Labute approximate surface area is 101 Å². The van der Waals surface area contributed by atoms with E-state index < -0.39 is 0 Å². The Morgan fingerprint density at radius 1 is 1.10 bits per heavy atom.